The average Bonchev–Trinajstić information content (AvgIpc) is 3.37. The fourth-order valence-electron chi connectivity index (χ4n) is 4.99. The predicted octanol–water partition coefficient (Wildman–Crippen LogP) is 7.35. The largest absolute Gasteiger partial charge is 0.461 e. The van der Waals surface area contributed by atoms with Crippen LogP contribution in [0.2, 0.25) is 0 Å². The third-order valence-electron chi connectivity index (χ3n) is 6.82. The van der Waals surface area contributed by atoms with Gasteiger partial charge in [-0.05, 0) is 61.1 Å². The first-order valence-corrected chi connectivity index (χ1v) is 12.4. The standard InChI is InChI=1S/C28H28F6N2O2/c29-21-12-10-19(11-13-21)27(17-18-6-2-1-3-7-18,36-26(37)35-23-8-4-5-9-23)20-14-22(30)16-24(15-20)38-28(33,34)25(31)32/h1-2,6,10-16,23,25H,3-5,7-9,17H2,(H2,35,36,37)/t27-/m1/s1. The van der Waals surface area contributed by atoms with E-state index in [4.69, 9.17) is 0 Å². The lowest BCUT2D eigenvalue weighted by atomic mass is 9.76. The topological polar surface area (TPSA) is 50.4 Å². The van der Waals surface area contributed by atoms with E-state index < -0.39 is 41.5 Å². The van der Waals surface area contributed by atoms with Crippen molar-refractivity contribution in [1.82, 2.24) is 10.6 Å². The number of rotatable bonds is 9. The summed E-state index contributed by atoms with van der Waals surface area (Å²) in [6.07, 6.45) is 1.47. The van der Waals surface area contributed by atoms with Gasteiger partial charge in [0.05, 0.1) is 5.54 Å². The Morgan fingerprint density at radius 3 is 2.34 bits per heavy atom. The smallest absolute Gasteiger partial charge is 0.428 e. The second-order valence-electron chi connectivity index (χ2n) is 9.60. The molecule has 1 saturated carbocycles. The van der Waals surface area contributed by atoms with Crippen molar-refractivity contribution in [3.05, 3.63) is 89.0 Å². The molecule has 0 heterocycles. The lowest BCUT2D eigenvalue weighted by molar-refractivity contribution is -0.253. The van der Waals surface area contributed by atoms with Crippen LogP contribution in [0.15, 0.2) is 66.3 Å². The van der Waals surface area contributed by atoms with Crippen LogP contribution in [0.25, 0.3) is 0 Å². The molecule has 204 valence electrons. The highest BCUT2D eigenvalue weighted by Gasteiger charge is 2.45. The second kappa shape index (κ2) is 11.5. The van der Waals surface area contributed by atoms with Gasteiger partial charge < -0.3 is 15.4 Å². The minimum atomic E-state index is -4.87. The summed E-state index contributed by atoms with van der Waals surface area (Å²) in [4.78, 5) is 13.3. The molecule has 38 heavy (non-hydrogen) atoms. The first-order valence-electron chi connectivity index (χ1n) is 12.4. The van der Waals surface area contributed by atoms with Crippen LogP contribution in [-0.2, 0) is 5.54 Å². The number of benzene rings is 2. The van der Waals surface area contributed by atoms with Crippen LogP contribution in [0.1, 0.15) is 56.1 Å². The third-order valence-corrected chi connectivity index (χ3v) is 6.82. The molecule has 2 aliphatic carbocycles. The van der Waals surface area contributed by atoms with Gasteiger partial charge in [0.1, 0.15) is 17.4 Å². The zero-order valence-corrected chi connectivity index (χ0v) is 20.5. The van der Waals surface area contributed by atoms with Crippen molar-refractivity contribution in [2.45, 2.75) is 69.1 Å². The van der Waals surface area contributed by atoms with E-state index in [0.29, 0.717) is 24.5 Å². The molecule has 0 spiro atoms. The SMILES string of the molecule is O=C(NC1CCCC1)N[C@](CC1=CC=CCC1)(c1ccc(F)cc1)c1cc(F)cc(OC(F)(F)C(F)F)c1. The summed E-state index contributed by atoms with van der Waals surface area (Å²) >= 11 is 0. The van der Waals surface area contributed by atoms with Crippen LogP contribution in [0.3, 0.4) is 0 Å². The quantitative estimate of drug-likeness (QED) is 0.328. The van der Waals surface area contributed by atoms with Gasteiger partial charge in [0.15, 0.2) is 0 Å². The number of alkyl halides is 4. The Hall–Kier alpha value is -3.43. The molecular formula is C28H28F6N2O2. The summed E-state index contributed by atoms with van der Waals surface area (Å²) in [6.45, 7) is 0. The van der Waals surface area contributed by atoms with Crippen molar-refractivity contribution in [2.24, 2.45) is 0 Å². The third kappa shape index (κ3) is 6.52. The molecule has 0 bridgehead atoms. The lowest BCUT2D eigenvalue weighted by Crippen LogP contribution is -2.52. The summed E-state index contributed by atoms with van der Waals surface area (Å²) < 4.78 is 86.1. The van der Waals surface area contributed by atoms with Gasteiger partial charge >= 0.3 is 18.6 Å². The van der Waals surface area contributed by atoms with Crippen LogP contribution < -0.4 is 15.4 Å². The normalized spacial score (nSPS) is 17.7. The van der Waals surface area contributed by atoms with Crippen molar-refractivity contribution >= 4 is 6.03 Å². The molecule has 1 atom stereocenters. The summed E-state index contributed by atoms with van der Waals surface area (Å²) in [5, 5.41) is 5.80. The molecule has 4 rings (SSSR count). The van der Waals surface area contributed by atoms with Gasteiger partial charge in [0.2, 0.25) is 0 Å². The number of hydrogen-bond donors (Lipinski definition) is 2. The van der Waals surface area contributed by atoms with Crippen LogP contribution in [0.4, 0.5) is 31.1 Å². The van der Waals surface area contributed by atoms with Gasteiger partial charge in [-0.15, -0.1) is 0 Å². The highest BCUT2D eigenvalue weighted by atomic mass is 19.3. The van der Waals surface area contributed by atoms with Gasteiger partial charge in [0, 0.05) is 18.5 Å². The Balaban J connectivity index is 1.84. The van der Waals surface area contributed by atoms with Crippen LogP contribution >= 0.6 is 0 Å². The summed E-state index contributed by atoms with van der Waals surface area (Å²) in [6, 6.07) is 7.06. The van der Waals surface area contributed by atoms with Gasteiger partial charge in [-0.2, -0.15) is 17.6 Å². The van der Waals surface area contributed by atoms with E-state index in [1.807, 2.05) is 18.2 Å². The number of amides is 2. The van der Waals surface area contributed by atoms with E-state index in [0.717, 1.165) is 55.5 Å². The summed E-state index contributed by atoms with van der Waals surface area (Å²) in [7, 11) is 0. The average molecular weight is 539 g/mol. The molecule has 2 amide bonds. The molecule has 0 unspecified atom stereocenters. The molecule has 10 heteroatoms. The van der Waals surface area contributed by atoms with Crippen LogP contribution in [0, 0.1) is 11.6 Å². The van der Waals surface area contributed by atoms with Crippen LogP contribution in [0.5, 0.6) is 5.75 Å². The Morgan fingerprint density at radius 1 is 1.00 bits per heavy atom. The van der Waals surface area contributed by atoms with Crippen molar-refractivity contribution in [2.75, 3.05) is 0 Å². The molecule has 1 fully saturated rings. The van der Waals surface area contributed by atoms with Crippen LogP contribution in [-0.4, -0.2) is 24.6 Å². The molecule has 2 aromatic rings. The molecule has 0 aromatic heterocycles. The fraction of sp³-hybridized carbons (Fsp3) is 0.393. The molecule has 2 aromatic carbocycles. The molecule has 0 radical (unpaired) electrons. The minimum Gasteiger partial charge on any atom is -0.428 e. The lowest BCUT2D eigenvalue weighted by Gasteiger charge is -2.38. The van der Waals surface area contributed by atoms with Gasteiger partial charge in [-0.1, -0.05) is 48.8 Å². The number of nitrogens with one attached hydrogen (secondary N) is 2. The number of halogens is 6. The molecular weight excluding hydrogens is 510 g/mol. The van der Waals surface area contributed by atoms with E-state index in [2.05, 4.69) is 15.4 Å². The molecule has 0 saturated heterocycles. The number of hydrogen-bond acceptors (Lipinski definition) is 2. The number of carbonyl (C=O) groups is 1. The molecule has 2 N–H and O–H groups in total. The van der Waals surface area contributed by atoms with Gasteiger partial charge in [0.25, 0.3) is 0 Å². The predicted molar refractivity (Wildman–Crippen MR) is 130 cm³/mol. The van der Waals surface area contributed by atoms with E-state index in [1.165, 1.54) is 12.1 Å². The number of carbonyl (C=O) groups excluding carboxylic acids is 1. The van der Waals surface area contributed by atoms with E-state index in [9.17, 15) is 31.1 Å². The van der Waals surface area contributed by atoms with E-state index in [-0.39, 0.29) is 18.0 Å². The Labute approximate surface area is 216 Å². The first-order chi connectivity index (χ1) is 18.1. The minimum absolute atomic E-state index is 0.0267. The van der Waals surface area contributed by atoms with E-state index in [1.54, 1.807) is 0 Å². The number of urea groups is 1. The summed E-state index contributed by atoms with van der Waals surface area (Å²) in [5.41, 5.74) is -0.412. The first kappa shape index (κ1) is 27.6. The van der Waals surface area contributed by atoms with Gasteiger partial charge in [-0.25, -0.2) is 13.6 Å². The molecule has 0 aliphatic heterocycles. The Kier molecular flexibility index (Phi) is 8.38. The highest BCUT2D eigenvalue weighted by Crippen LogP contribution is 2.40. The maximum Gasteiger partial charge on any atom is 0.461 e. The van der Waals surface area contributed by atoms with Crippen molar-refractivity contribution in [1.29, 1.82) is 0 Å². The summed E-state index contributed by atoms with van der Waals surface area (Å²) in [5.74, 6) is -2.44. The van der Waals surface area contributed by atoms with Gasteiger partial charge in [-0.3, -0.25) is 0 Å². The monoisotopic (exact) mass is 538 g/mol. The fourth-order valence-corrected chi connectivity index (χ4v) is 4.99. The maximum absolute atomic E-state index is 14.8. The maximum atomic E-state index is 14.8. The molecule has 2 aliphatic rings. The van der Waals surface area contributed by atoms with E-state index >= 15 is 0 Å². The zero-order chi connectivity index (χ0) is 27.3. The highest BCUT2D eigenvalue weighted by molar-refractivity contribution is 5.76. The zero-order valence-electron chi connectivity index (χ0n) is 20.5. The van der Waals surface area contributed by atoms with Crippen molar-refractivity contribution < 1.29 is 35.9 Å². The Morgan fingerprint density at radius 2 is 1.71 bits per heavy atom. The number of ether oxygens (including phenoxy) is 1. The molecule has 4 nitrogen and oxygen atoms in total. The Bertz CT molecular complexity index is 1190. The second-order valence-corrected chi connectivity index (χ2v) is 9.60. The number of allylic oxidation sites excluding steroid dienone is 3. The van der Waals surface area contributed by atoms with Crippen molar-refractivity contribution in [3.8, 4) is 5.75 Å². The van der Waals surface area contributed by atoms with Crippen molar-refractivity contribution in [3.63, 3.8) is 0 Å².